The molecule has 0 unspecified atom stereocenters. The Morgan fingerprint density at radius 2 is 1.19 bits per heavy atom. The summed E-state index contributed by atoms with van der Waals surface area (Å²) in [5, 5.41) is 0. The van der Waals surface area contributed by atoms with E-state index in [1.54, 1.807) is 0 Å². The number of halogens is 4. The number of likely N-dealkylation sites (tertiary alicyclic amines) is 1. The van der Waals surface area contributed by atoms with Crippen LogP contribution in [0, 0.1) is 0 Å². The van der Waals surface area contributed by atoms with Gasteiger partial charge in [-0.3, -0.25) is 0 Å². The van der Waals surface area contributed by atoms with Gasteiger partial charge in [0.2, 0.25) is 0 Å². The first-order valence-electron chi connectivity index (χ1n) is 6.05. The Morgan fingerprint density at radius 3 is 1.44 bits per heavy atom. The molecule has 1 nitrogen and oxygen atoms in total. The first-order chi connectivity index (χ1) is 7.33. The van der Waals surface area contributed by atoms with E-state index in [0.717, 1.165) is 0 Å². The summed E-state index contributed by atoms with van der Waals surface area (Å²) in [6.45, 7) is 10.4. The Bertz CT molecular complexity index is 164. The minimum Gasteiger partial charge on any atom is -0.418 e. The summed E-state index contributed by atoms with van der Waals surface area (Å²) in [5.41, 5.74) is 0. The van der Waals surface area contributed by atoms with Crippen LogP contribution >= 0.6 is 0 Å². The minimum atomic E-state index is -6.00. The summed E-state index contributed by atoms with van der Waals surface area (Å²) in [4.78, 5) is 0. The van der Waals surface area contributed by atoms with E-state index >= 15 is 0 Å². The van der Waals surface area contributed by atoms with E-state index in [9.17, 15) is 17.3 Å². The summed E-state index contributed by atoms with van der Waals surface area (Å²) in [5.74, 6) is 0. The summed E-state index contributed by atoms with van der Waals surface area (Å²) >= 11 is 0. The largest absolute Gasteiger partial charge is 0.673 e. The molecule has 0 atom stereocenters. The van der Waals surface area contributed by atoms with Gasteiger partial charge in [0.05, 0.1) is 26.2 Å². The van der Waals surface area contributed by atoms with E-state index in [2.05, 4.69) is 13.8 Å². The maximum absolute atomic E-state index is 9.75. The van der Waals surface area contributed by atoms with E-state index in [1.165, 1.54) is 56.3 Å². The first-order valence-corrected chi connectivity index (χ1v) is 6.05. The smallest absolute Gasteiger partial charge is 0.418 e. The molecule has 1 heterocycles. The number of quaternary nitrogens is 1. The fourth-order valence-electron chi connectivity index (χ4n) is 2.51. The van der Waals surface area contributed by atoms with E-state index in [4.69, 9.17) is 0 Å². The molecule has 0 saturated carbocycles. The molecule has 0 aromatic carbocycles. The quantitative estimate of drug-likeness (QED) is 0.401. The van der Waals surface area contributed by atoms with Crippen LogP contribution in [0.5, 0.6) is 0 Å². The van der Waals surface area contributed by atoms with Crippen LogP contribution in [0.3, 0.4) is 0 Å². The van der Waals surface area contributed by atoms with Crippen molar-refractivity contribution < 1.29 is 21.7 Å². The zero-order valence-corrected chi connectivity index (χ0v) is 10.2. The average molecular weight is 243 g/mol. The molecule has 0 aromatic heterocycles. The van der Waals surface area contributed by atoms with Gasteiger partial charge < -0.3 is 21.7 Å². The van der Waals surface area contributed by atoms with Gasteiger partial charge in [0.25, 0.3) is 0 Å². The molecule has 0 radical (unpaired) electrons. The second-order valence-electron chi connectivity index (χ2n) is 4.44. The van der Waals surface area contributed by atoms with Crippen LogP contribution in [0.25, 0.3) is 0 Å². The average Bonchev–Trinajstić information content (AvgIpc) is 2.51. The molecule has 0 amide bonds. The van der Waals surface area contributed by atoms with Crippen LogP contribution in [-0.4, -0.2) is 37.9 Å². The summed E-state index contributed by atoms with van der Waals surface area (Å²) < 4.78 is 40.4. The fourth-order valence-corrected chi connectivity index (χ4v) is 2.51. The predicted octanol–water partition coefficient (Wildman–Crippen LogP) is 3.72. The molecule has 0 bridgehead atoms. The van der Waals surface area contributed by atoms with Gasteiger partial charge in [-0.05, 0) is 12.8 Å². The van der Waals surface area contributed by atoms with E-state index in [0.29, 0.717) is 0 Å². The van der Waals surface area contributed by atoms with Crippen molar-refractivity contribution in [1.82, 2.24) is 0 Å². The lowest BCUT2D eigenvalue weighted by Crippen LogP contribution is -2.46. The minimum absolute atomic E-state index is 1.36. The van der Waals surface area contributed by atoms with Crippen molar-refractivity contribution in [1.29, 1.82) is 0 Å². The molecule has 0 aromatic rings. The van der Waals surface area contributed by atoms with Gasteiger partial charge in [0.1, 0.15) is 0 Å². The number of rotatable bonds is 4. The van der Waals surface area contributed by atoms with Crippen molar-refractivity contribution in [3.63, 3.8) is 0 Å². The molecule has 0 N–H and O–H groups in total. The first kappa shape index (κ1) is 15.7. The summed E-state index contributed by atoms with van der Waals surface area (Å²) in [7, 11) is -6.00. The molecule has 0 aliphatic carbocycles. The predicted molar refractivity (Wildman–Crippen MR) is 59.7 cm³/mol. The zero-order valence-electron chi connectivity index (χ0n) is 10.2. The molecule has 1 fully saturated rings. The van der Waals surface area contributed by atoms with Gasteiger partial charge in [-0.2, -0.15) is 0 Å². The highest BCUT2D eigenvalue weighted by Gasteiger charge is 2.29. The monoisotopic (exact) mass is 243 g/mol. The molecular formula is C10H22BF4N. The van der Waals surface area contributed by atoms with E-state index < -0.39 is 7.25 Å². The molecule has 1 rings (SSSR count). The molecule has 16 heavy (non-hydrogen) atoms. The maximum atomic E-state index is 9.75. The number of nitrogens with zero attached hydrogens (tertiary/aromatic N) is 1. The van der Waals surface area contributed by atoms with Gasteiger partial charge in [-0.25, -0.2) is 0 Å². The zero-order chi connectivity index (χ0) is 12.7. The lowest BCUT2D eigenvalue weighted by Gasteiger charge is -2.33. The second-order valence-corrected chi connectivity index (χ2v) is 4.44. The van der Waals surface area contributed by atoms with Crippen molar-refractivity contribution in [3.8, 4) is 0 Å². The third-order valence-electron chi connectivity index (χ3n) is 2.91. The lowest BCUT2D eigenvalue weighted by molar-refractivity contribution is -0.916. The van der Waals surface area contributed by atoms with Crippen molar-refractivity contribution in [3.05, 3.63) is 0 Å². The molecule has 6 heteroatoms. The van der Waals surface area contributed by atoms with E-state index in [1.807, 2.05) is 0 Å². The molecule has 1 aliphatic rings. The van der Waals surface area contributed by atoms with Crippen LogP contribution < -0.4 is 0 Å². The second kappa shape index (κ2) is 7.15. The van der Waals surface area contributed by atoms with Crippen molar-refractivity contribution in [2.24, 2.45) is 0 Å². The molecule has 1 saturated heterocycles. The standard InChI is InChI=1S/C10H22N.BF4/c1-3-7-11(8-4-2)9-5-6-10-11;2-1(3,4)5/h3-10H2,1-2H3;/q+1;-1. The Labute approximate surface area is 95.5 Å². The highest BCUT2D eigenvalue weighted by molar-refractivity contribution is 6.50. The fraction of sp³-hybridized carbons (Fsp3) is 1.00. The van der Waals surface area contributed by atoms with Gasteiger partial charge in [0.15, 0.2) is 0 Å². The van der Waals surface area contributed by atoms with Crippen molar-refractivity contribution in [2.45, 2.75) is 39.5 Å². The third kappa shape index (κ3) is 7.96. The normalized spacial score (nSPS) is 19.1. The Balaban J connectivity index is 0.000000385. The topological polar surface area (TPSA) is 0 Å². The Kier molecular flexibility index (Phi) is 7.03. The van der Waals surface area contributed by atoms with Gasteiger partial charge in [-0.1, -0.05) is 13.8 Å². The number of hydrogen-bond acceptors (Lipinski definition) is 0. The highest BCUT2D eigenvalue weighted by Crippen LogP contribution is 2.20. The van der Waals surface area contributed by atoms with Crippen molar-refractivity contribution >= 4 is 7.25 Å². The third-order valence-corrected chi connectivity index (χ3v) is 2.91. The summed E-state index contributed by atoms with van der Waals surface area (Å²) in [6.07, 6.45) is 5.67. The maximum Gasteiger partial charge on any atom is 0.673 e. The van der Waals surface area contributed by atoms with Crippen LogP contribution in [0.1, 0.15) is 39.5 Å². The SMILES string of the molecule is CCC[N+]1(CCC)CCCC1.F[B-](F)(F)F. The molecule has 98 valence electrons. The van der Waals surface area contributed by atoms with E-state index in [-0.39, 0.29) is 0 Å². The summed E-state index contributed by atoms with van der Waals surface area (Å²) in [6, 6.07) is 0. The number of hydrogen-bond donors (Lipinski definition) is 0. The molecule has 1 aliphatic heterocycles. The van der Waals surface area contributed by atoms with Crippen LogP contribution in [0.4, 0.5) is 17.3 Å². The van der Waals surface area contributed by atoms with Crippen LogP contribution in [0.2, 0.25) is 0 Å². The van der Waals surface area contributed by atoms with Crippen LogP contribution in [0.15, 0.2) is 0 Å². The van der Waals surface area contributed by atoms with Crippen molar-refractivity contribution in [2.75, 3.05) is 26.2 Å². The lowest BCUT2D eigenvalue weighted by atomic mass is 10.3. The van der Waals surface area contributed by atoms with Gasteiger partial charge in [0, 0.05) is 12.8 Å². The Hall–Kier alpha value is -0.255. The molecular weight excluding hydrogens is 221 g/mol. The van der Waals surface area contributed by atoms with Gasteiger partial charge >= 0.3 is 7.25 Å². The van der Waals surface area contributed by atoms with Gasteiger partial charge in [-0.15, -0.1) is 0 Å². The highest BCUT2D eigenvalue weighted by atomic mass is 19.5. The van der Waals surface area contributed by atoms with Crippen LogP contribution in [-0.2, 0) is 0 Å². The Morgan fingerprint density at radius 1 is 0.875 bits per heavy atom. The molecule has 0 spiro atoms.